The Labute approximate surface area is 163 Å². The van der Waals surface area contributed by atoms with Gasteiger partial charge in [0.05, 0.1) is 12.2 Å². The second-order valence-electron chi connectivity index (χ2n) is 6.34. The highest BCUT2D eigenvalue weighted by Crippen LogP contribution is 2.13. The van der Waals surface area contributed by atoms with Crippen molar-refractivity contribution in [1.82, 2.24) is 15.1 Å². The molecule has 2 aromatic carbocycles. The molecule has 1 heterocycles. The first-order valence-electron chi connectivity index (χ1n) is 8.95. The summed E-state index contributed by atoms with van der Waals surface area (Å²) in [5.74, 6) is 0.255. The molecule has 2 N–H and O–H groups in total. The van der Waals surface area contributed by atoms with Crippen LogP contribution >= 0.6 is 0 Å². The second kappa shape index (κ2) is 8.81. The number of nitrogens with one attached hydrogen (secondary N) is 2. The van der Waals surface area contributed by atoms with E-state index in [2.05, 4.69) is 15.7 Å². The number of aryl methyl sites for hydroxylation is 1. The number of rotatable bonds is 6. The van der Waals surface area contributed by atoms with Crippen molar-refractivity contribution in [1.29, 1.82) is 0 Å². The first-order valence-corrected chi connectivity index (χ1v) is 8.95. The zero-order valence-corrected chi connectivity index (χ0v) is 15.8. The van der Waals surface area contributed by atoms with Crippen LogP contribution in [0.4, 0.5) is 5.82 Å². The average molecular weight is 374 g/mol. The Morgan fingerprint density at radius 3 is 2.46 bits per heavy atom. The number of hydrogen-bond acceptors (Lipinski definition) is 3. The van der Waals surface area contributed by atoms with Gasteiger partial charge < -0.3 is 10.6 Å². The summed E-state index contributed by atoms with van der Waals surface area (Å²) in [6.45, 7) is 2.47. The topological polar surface area (TPSA) is 76.0 Å². The number of anilines is 1. The van der Waals surface area contributed by atoms with Crippen molar-refractivity contribution in [3.8, 4) is 0 Å². The van der Waals surface area contributed by atoms with Crippen molar-refractivity contribution in [3.05, 3.63) is 89.1 Å². The molecule has 0 radical (unpaired) electrons. The molecule has 0 aliphatic heterocycles. The van der Waals surface area contributed by atoms with Crippen LogP contribution in [0.25, 0.3) is 6.08 Å². The number of amides is 2. The molecule has 0 bridgehead atoms. The predicted molar refractivity (Wildman–Crippen MR) is 110 cm³/mol. The molecule has 0 atom stereocenters. The molecule has 6 nitrogen and oxygen atoms in total. The predicted octanol–water partition coefficient (Wildman–Crippen LogP) is 3.25. The fraction of sp³-hybridized carbons (Fsp3) is 0.136. The normalized spacial score (nSPS) is 10.8. The van der Waals surface area contributed by atoms with E-state index in [1.54, 1.807) is 42.1 Å². The monoisotopic (exact) mass is 374 g/mol. The lowest BCUT2D eigenvalue weighted by Gasteiger charge is -2.07. The van der Waals surface area contributed by atoms with Gasteiger partial charge in [0, 0.05) is 24.8 Å². The molecular weight excluding hydrogens is 352 g/mol. The Bertz CT molecular complexity index is 989. The number of benzene rings is 2. The van der Waals surface area contributed by atoms with E-state index in [-0.39, 0.29) is 11.8 Å². The third kappa shape index (κ3) is 4.94. The van der Waals surface area contributed by atoms with E-state index in [9.17, 15) is 9.59 Å². The summed E-state index contributed by atoms with van der Waals surface area (Å²) in [7, 11) is 1.59. The Morgan fingerprint density at radius 1 is 1.07 bits per heavy atom. The van der Waals surface area contributed by atoms with E-state index >= 15 is 0 Å². The number of aromatic nitrogens is 2. The summed E-state index contributed by atoms with van der Waals surface area (Å²) < 4.78 is 1.77. The van der Waals surface area contributed by atoms with Crippen LogP contribution in [-0.4, -0.2) is 28.6 Å². The number of carbonyl (C=O) groups is 2. The maximum absolute atomic E-state index is 12.3. The fourth-order valence-electron chi connectivity index (χ4n) is 2.75. The Hall–Kier alpha value is -3.67. The summed E-state index contributed by atoms with van der Waals surface area (Å²) in [6.07, 6.45) is 3.16. The Kier molecular flexibility index (Phi) is 6.01. The van der Waals surface area contributed by atoms with Crippen LogP contribution in [0, 0.1) is 6.92 Å². The third-order valence-electron chi connectivity index (χ3n) is 4.16. The molecule has 3 rings (SSSR count). The zero-order chi connectivity index (χ0) is 19.9. The summed E-state index contributed by atoms with van der Waals surface area (Å²) in [5, 5.41) is 9.90. The lowest BCUT2D eigenvalue weighted by atomic mass is 10.1. The van der Waals surface area contributed by atoms with Gasteiger partial charge in [-0.3, -0.25) is 9.59 Å². The highest BCUT2D eigenvalue weighted by atomic mass is 16.2. The summed E-state index contributed by atoms with van der Waals surface area (Å²) in [6, 6.07) is 18.8. The molecule has 0 saturated heterocycles. The highest BCUT2D eigenvalue weighted by Gasteiger charge is 2.08. The average Bonchev–Trinajstić information content (AvgIpc) is 3.05. The van der Waals surface area contributed by atoms with Gasteiger partial charge in [0.15, 0.2) is 0 Å². The molecule has 142 valence electrons. The van der Waals surface area contributed by atoms with Gasteiger partial charge >= 0.3 is 0 Å². The molecule has 28 heavy (non-hydrogen) atoms. The molecule has 0 unspecified atom stereocenters. The smallest absolute Gasteiger partial charge is 0.251 e. The lowest BCUT2D eigenvalue weighted by molar-refractivity contribution is -0.111. The van der Waals surface area contributed by atoms with Crippen LogP contribution in [-0.2, 0) is 11.3 Å². The molecular formula is C22H22N4O2. The molecule has 0 aliphatic rings. The fourth-order valence-corrected chi connectivity index (χ4v) is 2.75. The second-order valence-corrected chi connectivity index (χ2v) is 6.34. The van der Waals surface area contributed by atoms with Crippen LogP contribution < -0.4 is 10.6 Å². The maximum Gasteiger partial charge on any atom is 0.251 e. The molecule has 6 heteroatoms. The van der Waals surface area contributed by atoms with Gasteiger partial charge in [0.25, 0.3) is 5.91 Å². The Balaban J connectivity index is 1.66. The molecule has 0 fully saturated rings. The van der Waals surface area contributed by atoms with Crippen LogP contribution in [0.1, 0.15) is 27.2 Å². The molecule has 1 aromatic heterocycles. The third-order valence-corrected chi connectivity index (χ3v) is 4.16. The van der Waals surface area contributed by atoms with Crippen molar-refractivity contribution in [2.75, 3.05) is 12.4 Å². The van der Waals surface area contributed by atoms with Gasteiger partial charge in [-0.2, -0.15) is 5.10 Å². The van der Waals surface area contributed by atoms with Crippen LogP contribution in [0.15, 0.2) is 66.7 Å². The Morgan fingerprint density at radius 2 is 1.79 bits per heavy atom. The first-order chi connectivity index (χ1) is 13.5. The van der Waals surface area contributed by atoms with Gasteiger partial charge in [-0.15, -0.1) is 0 Å². The summed E-state index contributed by atoms with van der Waals surface area (Å²) in [5.41, 5.74) is 3.34. The first kappa shape index (κ1) is 19.1. The van der Waals surface area contributed by atoms with Crippen molar-refractivity contribution >= 4 is 23.7 Å². The molecule has 0 spiro atoms. The summed E-state index contributed by atoms with van der Waals surface area (Å²) >= 11 is 0. The van der Waals surface area contributed by atoms with E-state index in [1.165, 1.54) is 6.08 Å². The van der Waals surface area contributed by atoms with Crippen molar-refractivity contribution in [2.24, 2.45) is 0 Å². The van der Waals surface area contributed by atoms with E-state index in [0.717, 1.165) is 16.8 Å². The summed E-state index contributed by atoms with van der Waals surface area (Å²) in [4.78, 5) is 23.9. The minimum Gasteiger partial charge on any atom is -0.355 e. The standard InChI is InChI=1S/C22H22N4O2/c1-16-14-20(26(25-16)15-18-6-4-3-5-7-18)24-21(27)13-10-17-8-11-19(12-9-17)22(28)23-2/h3-14H,15H2,1-2H3,(H,23,28)(H,24,27)/b13-10+. The number of carbonyl (C=O) groups excluding carboxylic acids is 2. The highest BCUT2D eigenvalue weighted by molar-refractivity contribution is 6.01. The quantitative estimate of drug-likeness (QED) is 0.650. The minimum atomic E-state index is -0.246. The number of hydrogen-bond donors (Lipinski definition) is 2. The van der Waals surface area contributed by atoms with Crippen LogP contribution in [0.2, 0.25) is 0 Å². The maximum atomic E-state index is 12.3. The largest absolute Gasteiger partial charge is 0.355 e. The van der Waals surface area contributed by atoms with E-state index < -0.39 is 0 Å². The van der Waals surface area contributed by atoms with Crippen molar-refractivity contribution < 1.29 is 9.59 Å². The van der Waals surface area contributed by atoms with E-state index in [0.29, 0.717) is 17.9 Å². The van der Waals surface area contributed by atoms with Crippen molar-refractivity contribution in [3.63, 3.8) is 0 Å². The van der Waals surface area contributed by atoms with E-state index in [1.807, 2.05) is 43.3 Å². The lowest BCUT2D eigenvalue weighted by Crippen LogP contribution is -2.17. The van der Waals surface area contributed by atoms with Crippen LogP contribution in [0.5, 0.6) is 0 Å². The molecule has 2 amide bonds. The molecule has 0 aliphatic carbocycles. The SMILES string of the molecule is CNC(=O)c1ccc(/C=C/C(=O)Nc2cc(C)nn2Cc2ccccc2)cc1. The van der Waals surface area contributed by atoms with Crippen molar-refractivity contribution in [2.45, 2.75) is 13.5 Å². The van der Waals surface area contributed by atoms with Gasteiger partial charge in [0.2, 0.25) is 5.91 Å². The molecule has 0 saturated carbocycles. The minimum absolute atomic E-state index is 0.143. The van der Waals surface area contributed by atoms with Crippen LogP contribution in [0.3, 0.4) is 0 Å². The van der Waals surface area contributed by atoms with Gasteiger partial charge in [-0.25, -0.2) is 4.68 Å². The van der Waals surface area contributed by atoms with Gasteiger partial charge in [0.1, 0.15) is 5.82 Å². The molecule has 3 aromatic rings. The van der Waals surface area contributed by atoms with E-state index in [4.69, 9.17) is 0 Å². The number of nitrogens with zero attached hydrogens (tertiary/aromatic N) is 2. The zero-order valence-electron chi connectivity index (χ0n) is 15.8. The van der Waals surface area contributed by atoms with Gasteiger partial charge in [-0.05, 0) is 36.3 Å². The van der Waals surface area contributed by atoms with Gasteiger partial charge in [-0.1, -0.05) is 42.5 Å².